The fourth-order valence-corrected chi connectivity index (χ4v) is 3.01. The van der Waals surface area contributed by atoms with E-state index in [1.807, 2.05) is 43.3 Å². The molecule has 0 spiro atoms. The molecule has 5 nitrogen and oxygen atoms in total. The second-order valence-electron chi connectivity index (χ2n) is 6.55. The van der Waals surface area contributed by atoms with E-state index in [-0.39, 0.29) is 5.57 Å². The molecule has 0 saturated heterocycles. The van der Waals surface area contributed by atoms with Crippen molar-refractivity contribution >= 4 is 29.3 Å². The molecule has 0 aromatic heterocycles. The molecule has 0 aliphatic heterocycles. The molecule has 0 saturated carbocycles. The van der Waals surface area contributed by atoms with Crippen molar-refractivity contribution in [1.29, 1.82) is 5.26 Å². The van der Waals surface area contributed by atoms with Gasteiger partial charge in [-0.05, 0) is 54.5 Å². The fraction of sp³-hybridized carbons (Fsp3) is 0.120. The van der Waals surface area contributed by atoms with E-state index in [1.165, 1.54) is 6.08 Å². The number of carbonyl (C=O) groups excluding carboxylic acids is 1. The van der Waals surface area contributed by atoms with Gasteiger partial charge in [0.2, 0.25) is 0 Å². The maximum absolute atomic E-state index is 12.5. The largest absolute Gasteiger partial charge is 0.490 e. The molecule has 31 heavy (non-hydrogen) atoms. The number of benzene rings is 3. The molecule has 0 aliphatic rings. The summed E-state index contributed by atoms with van der Waals surface area (Å²) in [6, 6.07) is 23.8. The summed E-state index contributed by atoms with van der Waals surface area (Å²) in [6.45, 7) is 2.74. The van der Waals surface area contributed by atoms with Crippen molar-refractivity contribution in [3.05, 3.63) is 94.5 Å². The first-order chi connectivity index (χ1) is 15.1. The Morgan fingerprint density at radius 2 is 1.84 bits per heavy atom. The molecule has 0 heterocycles. The Labute approximate surface area is 186 Å². The zero-order valence-corrected chi connectivity index (χ0v) is 17.7. The van der Waals surface area contributed by atoms with E-state index in [4.69, 9.17) is 21.1 Å². The average molecular weight is 433 g/mol. The third-order valence-electron chi connectivity index (χ3n) is 4.26. The Hall–Kier alpha value is -3.75. The van der Waals surface area contributed by atoms with Crippen molar-refractivity contribution < 1.29 is 14.3 Å². The third kappa shape index (κ3) is 6.36. The van der Waals surface area contributed by atoms with E-state index in [2.05, 4.69) is 5.32 Å². The quantitative estimate of drug-likeness (QED) is 0.357. The van der Waals surface area contributed by atoms with Crippen LogP contribution < -0.4 is 14.8 Å². The van der Waals surface area contributed by atoms with E-state index in [0.29, 0.717) is 41.0 Å². The highest BCUT2D eigenvalue weighted by atomic mass is 35.5. The second kappa shape index (κ2) is 10.9. The molecular weight excluding hydrogens is 412 g/mol. The number of hydrogen-bond donors (Lipinski definition) is 1. The van der Waals surface area contributed by atoms with Gasteiger partial charge in [-0.25, -0.2) is 0 Å². The minimum atomic E-state index is -0.521. The number of ether oxygens (including phenoxy) is 2. The van der Waals surface area contributed by atoms with Crippen LogP contribution in [-0.2, 0) is 11.4 Å². The highest BCUT2D eigenvalue weighted by Crippen LogP contribution is 2.30. The van der Waals surface area contributed by atoms with Gasteiger partial charge in [-0.2, -0.15) is 5.26 Å². The van der Waals surface area contributed by atoms with E-state index in [0.717, 1.165) is 5.56 Å². The maximum atomic E-state index is 12.5. The predicted molar refractivity (Wildman–Crippen MR) is 122 cm³/mol. The van der Waals surface area contributed by atoms with Crippen LogP contribution in [0.2, 0.25) is 5.02 Å². The van der Waals surface area contributed by atoms with Gasteiger partial charge < -0.3 is 14.8 Å². The summed E-state index contributed by atoms with van der Waals surface area (Å²) in [5.41, 5.74) is 2.16. The summed E-state index contributed by atoms with van der Waals surface area (Å²) in [4.78, 5) is 12.5. The fourth-order valence-electron chi connectivity index (χ4n) is 2.82. The number of hydrogen-bond acceptors (Lipinski definition) is 4. The number of carbonyl (C=O) groups is 1. The van der Waals surface area contributed by atoms with Crippen molar-refractivity contribution in [3.63, 3.8) is 0 Å². The molecule has 0 aliphatic carbocycles. The van der Waals surface area contributed by atoms with Gasteiger partial charge in [-0.15, -0.1) is 0 Å². The molecule has 3 aromatic carbocycles. The first-order valence-electron chi connectivity index (χ1n) is 9.71. The van der Waals surface area contributed by atoms with E-state index in [9.17, 15) is 10.1 Å². The molecule has 6 heteroatoms. The maximum Gasteiger partial charge on any atom is 0.266 e. The Kier molecular flexibility index (Phi) is 7.69. The summed E-state index contributed by atoms with van der Waals surface area (Å²) in [7, 11) is 0. The minimum absolute atomic E-state index is 0.0413. The monoisotopic (exact) mass is 432 g/mol. The number of anilines is 1. The van der Waals surface area contributed by atoms with Crippen LogP contribution in [0.1, 0.15) is 18.1 Å². The molecule has 3 rings (SSSR count). The Bertz CT molecular complexity index is 1120. The van der Waals surface area contributed by atoms with Crippen LogP contribution in [0.25, 0.3) is 6.08 Å². The van der Waals surface area contributed by atoms with Crippen molar-refractivity contribution in [2.75, 3.05) is 11.9 Å². The van der Waals surface area contributed by atoms with Gasteiger partial charge in [-0.1, -0.05) is 54.1 Å². The third-order valence-corrected chi connectivity index (χ3v) is 4.50. The Balaban J connectivity index is 1.78. The van der Waals surface area contributed by atoms with Gasteiger partial charge in [-0.3, -0.25) is 4.79 Å². The number of amides is 1. The lowest BCUT2D eigenvalue weighted by molar-refractivity contribution is -0.112. The highest BCUT2D eigenvalue weighted by Gasteiger charge is 2.12. The number of nitrogens with zero attached hydrogens (tertiary/aromatic N) is 1. The molecule has 0 bridgehead atoms. The van der Waals surface area contributed by atoms with Gasteiger partial charge >= 0.3 is 0 Å². The molecular formula is C25H21ClN2O3. The summed E-state index contributed by atoms with van der Waals surface area (Å²) in [5.74, 6) is 0.608. The highest BCUT2D eigenvalue weighted by molar-refractivity contribution is 6.31. The molecule has 0 fully saturated rings. The summed E-state index contributed by atoms with van der Waals surface area (Å²) < 4.78 is 11.6. The van der Waals surface area contributed by atoms with Gasteiger partial charge in [0.1, 0.15) is 18.2 Å². The van der Waals surface area contributed by atoms with E-state index < -0.39 is 5.91 Å². The Morgan fingerprint density at radius 3 is 2.55 bits per heavy atom. The van der Waals surface area contributed by atoms with Crippen LogP contribution in [0.5, 0.6) is 11.5 Å². The molecule has 3 aromatic rings. The molecule has 0 atom stereocenters. The summed E-state index contributed by atoms with van der Waals surface area (Å²) in [6.07, 6.45) is 1.50. The predicted octanol–water partition coefficient (Wildman–Crippen LogP) is 5.86. The van der Waals surface area contributed by atoms with Gasteiger partial charge in [0.15, 0.2) is 11.5 Å². The molecule has 0 unspecified atom stereocenters. The first kappa shape index (κ1) is 21.9. The van der Waals surface area contributed by atoms with Crippen molar-refractivity contribution in [3.8, 4) is 17.6 Å². The SMILES string of the molecule is CCOc1cc(/C=C(\C#N)C(=O)Nc2cccc(Cl)c2)ccc1OCc1ccccc1. The summed E-state index contributed by atoms with van der Waals surface area (Å²) in [5, 5.41) is 12.6. The number of nitriles is 1. The molecule has 1 N–H and O–H groups in total. The lowest BCUT2D eigenvalue weighted by atomic mass is 10.1. The standard InChI is InChI=1S/C25H21ClN2O3/c1-2-30-24-14-19(11-12-23(24)31-17-18-7-4-3-5-8-18)13-20(16-27)25(29)28-22-10-6-9-21(26)15-22/h3-15H,2,17H2,1H3,(H,28,29)/b20-13+. The van der Waals surface area contributed by atoms with Crippen LogP contribution in [-0.4, -0.2) is 12.5 Å². The van der Waals surface area contributed by atoms with Crippen molar-refractivity contribution in [1.82, 2.24) is 0 Å². The van der Waals surface area contributed by atoms with Crippen molar-refractivity contribution in [2.24, 2.45) is 0 Å². The second-order valence-corrected chi connectivity index (χ2v) is 6.98. The Morgan fingerprint density at radius 1 is 1.03 bits per heavy atom. The van der Waals surface area contributed by atoms with Crippen LogP contribution >= 0.6 is 11.6 Å². The smallest absolute Gasteiger partial charge is 0.266 e. The number of halogens is 1. The number of nitrogens with one attached hydrogen (secondary N) is 1. The lowest BCUT2D eigenvalue weighted by Gasteiger charge is -2.13. The zero-order valence-electron chi connectivity index (χ0n) is 17.0. The lowest BCUT2D eigenvalue weighted by Crippen LogP contribution is -2.13. The number of rotatable bonds is 8. The van der Waals surface area contributed by atoms with Crippen LogP contribution in [0.3, 0.4) is 0 Å². The average Bonchev–Trinajstić information content (AvgIpc) is 2.77. The first-order valence-corrected chi connectivity index (χ1v) is 10.1. The molecule has 0 radical (unpaired) electrons. The zero-order chi connectivity index (χ0) is 22.1. The van der Waals surface area contributed by atoms with E-state index in [1.54, 1.807) is 42.5 Å². The van der Waals surface area contributed by atoms with Crippen LogP contribution in [0, 0.1) is 11.3 Å². The minimum Gasteiger partial charge on any atom is -0.490 e. The van der Waals surface area contributed by atoms with Gasteiger partial charge in [0, 0.05) is 10.7 Å². The van der Waals surface area contributed by atoms with Gasteiger partial charge in [0.25, 0.3) is 5.91 Å². The normalized spacial score (nSPS) is 10.8. The molecule has 1 amide bonds. The topological polar surface area (TPSA) is 71.3 Å². The van der Waals surface area contributed by atoms with Crippen LogP contribution in [0.15, 0.2) is 78.4 Å². The van der Waals surface area contributed by atoms with Crippen molar-refractivity contribution in [2.45, 2.75) is 13.5 Å². The van der Waals surface area contributed by atoms with E-state index >= 15 is 0 Å². The molecule has 156 valence electrons. The van der Waals surface area contributed by atoms with Crippen LogP contribution in [0.4, 0.5) is 5.69 Å². The van der Waals surface area contributed by atoms with Gasteiger partial charge in [0.05, 0.1) is 6.61 Å². The summed E-state index contributed by atoms with van der Waals surface area (Å²) >= 11 is 5.94.